The Kier molecular flexibility index (Phi) is 6.60. The van der Waals surface area contributed by atoms with Gasteiger partial charge in [0, 0.05) is 26.2 Å². The van der Waals surface area contributed by atoms with Crippen LogP contribution >= 0.6 is 24.0 Å². The summed E-state index contributed by atoms with van der Waals surface area (Å²) in [4.78, 5) is 1.10. The molecule has 1 aliphatic rings. The van der Waals surface area contributed by atoms with Gasteiger partial charge in [0.15, 0.2) is 0 Å². The van der Waals surface area contributed by atoms with Gasteiger partial charge in [-0.1, -0.05) is 23.7 Å². The van der Waals surface area contributed by atoms with E-state index in [1.165, 1.54) is 0 Å². The van der Waals surface area contributed by atoms with Crippen molar-refractivity contribution in [3.63, 3.8) is 0 Å². The molecule has 0 radical (unpaired) electrons. The van der Waals surface area contributed by atoms with Crippen molar-refractivity contribution < 1.29 is 26.3 Å². The molecule has 10 heteroatoms. The zero-order valence-corrected chi connectivity index (χ0v) is 13.2. The average molecular weight is 383 g/mol. The van der Waals surface area contributed by atoms with E-state index < -0.39 is 34.5 Å². The Morgan fingerprint density at radius 2 is 1.61 bits per heavy atom. The Balaban J connectivity index is 0.00000264. The minimum atomic E-state index is -4.80. The third-order valence-corrected chi connectivity index (χ3v) is 3.88. The summed E-state index contributed by atoms with van der Waals surface area (Å²) in [5.74, 6) is 0. The van der Waals surface area contributed by atoms with Crippen molar-refractivity contribution in [2.24, 2.45) is 0 Å². The number of benzene rings is 1. The van der Waals surface area contributed by atoms with Gasteiger partial charge in [0.1, 0.15) is 6.04 Å². The molecule has 1 fully saturated rings. The molecular weight excluding hydrogens is 369 g/mol. The van der Waals surface area contributed by atoms with E-state index >= 15 is 0 Å². The highest BCUT2D eigenvalue weighted by molar-refractivity contribution is 6.32. The maximum absolute atomic E-state index is 13.4. The number of hydrogen-bond donors (Lipinski definition) is 1. The van der Waals surface area contributed by atoms with Crippen molar-refractivity contribution in [2.75, 3.05) is 26.2 Å². The zero-order chi connectivity index (χ0) is 16.5. The second-order valence-electron chi connectivity index (χ2n) is 4.94. The normalized spacial score (nSPS) is 18.4. The van der Waals surface area contributed by atoms with E-state index in [0.717, 1.165) is 17.0 Å². The molecule has 2 rings (SSSR count). The van der Waals surface area contributed by atoms with E-state index in [9.17, 15) is 26.3 Å². The number of hydrogen-bond acceptors (Lipinski definition) is 2. The van der Waals surface area contributed by atoms with Crippen molar-refractivity contribution in [3.05, 3.63) is 34.3 Å². The molecule has 0 amide bonds. The van der Waals surface area contributed by atoms with E-state index in [1.54, 1.807) is 0 Å². The van der Waals surface area contributed by atoms with E-state index in [4.69, 9.17) is 11.6 Å². The van der Waals surface area contributed by atoms with Crippen LogP contribution in [0.4, 0.5) is 26.3 Å². The Bertz CT molecular complexity index is 526. The molecule has 1 heterocycles. The topological polar surface area (TPSA) is 15.3 Å². The molecule has 0 aromatic heterocycles. The van der Waals surface area contributed by atoms with Crippen LogP contribution < -0.4 is 5.32 Å². The van der Waals surface area contributed by atoms with Crippen molar-refractivity contribution in [1.29, 1.82) is 0 Å². The lowest BCUT2D eigenvalue weighted by Crippen LogP contribution is -2.49. The number of nitrogens with zero attached hydrogens (tertiary/aromatic N) is 1. The fourth-order valence-corrected chi connectivity index (χ4v) is 2.84. The molecule has 1 N–H and O–H groups in total. The van der Waals surface area contributed by atoms with Gasteiger partial charge in [0.25, 0.3) is 0 Å². The largest absolute Gasteiger partial charge is 0.417 e. The van der Waals surface area contributed by atoms with E-state index in [2.05, 4.69) is 5.32 Å². The molecule has 1 saturated heterocycles. The molecule has 23 heavy (non-hydrogen) atoms. The highest BCUT2D eigenvalue weighted by Crippen LogP contribution is 2.44. The average Bonchev–Trinajstić information content (AvgIpc) is 2.39. The van der Waals surface area contributed by atoms with E-state index in [0.29, 0.717) is 19.2 Å². The van der Waals surface area contributed by atoms with Crippen LogP contribution in [0.5, 0.6) is 0 Å². The van der Waals surface area contributed by atoms with Crippen molar-refractivity contribution >= 4 is 24.0 Å². The van der Waals surface area contributed by atoms with E-state index in [-0.39, 0.29) is 25.5 Å². The van der Waals surface area contributed by atoms with Crippen LogP contribution in [0.2, 0.25) is 5.02 Å². The summed E-state index contributed by atoms with van der Waals surface area (Å²) in [6, 6.07) is 0.476. The second kappa shape index (κ2) is 7.46. The predicted molar refractivity (Wildman–Crippen MR) is 76.9 cm³/mol. The van der Waals surface area contributed by atoms with Crippen LogP contribution in [-0.2, 0) is 6.18 Å². The van der Waals surface area contributed by atoms with E-state index in [1.807, 2.05) is 0 Å². The Labute approximate surface area is 140 Å². The summed E-state index contributed by atoms with van der Waals surface area (Å²) in [5, 5.41) is 2.01. The fraction of sp³-hybridized carbons (Fsp3) is 0.538. The second-order valence-corrected chi connectivity index (χ2v) is 5.31. The van der Waals surface area contributed by atoms with Crippen LogP contribution in [0.15, 0.2) is 18.2 Å². The van der Waals surface area contributed by atoms with Gasteiger partial charge in [-0.2, -0.15) is 26.3 Å². The number of halogens is 8. The van der Waals surface area contributed by atoms with Gasteiger partial charge in [-0.25, -0.2) is 0 Å². The fourth-order valence-electron chi connectivity index (χ4n) is 2.50. The standard InChI is InChI=1S/C13H13ClF6N2.ClH/c14-10-8(2-1-3-9(10)12(15,16)17)11(13(18,19)20)22-6-4-21-5-7-22;/h1-3,11,21H,4-7H2;1H/t11-;/m1./s1. The summed E-state index contributed by atoms with van der Waals surface area (Å²) < 4.78 is 78.7. The molecule has 1 aliphatic heterocycles. The van der Waals surface area contributed by atoms with Gasteiger partial charge < -0.3 is 5.32 Å². The Morgan fingerprint density at radius 3 is 2.09 bits per heavy atom. The first-order chi connectivity index (χ1) is 10.1. The molecule has 2 nitrogen and oxygen atoms in total. The molecule has 132 valence electrons. The van der Waals surface area contributed by atoms with Crippen LogP contribution in [0.3, 0.4) is 0 Å². The Hall–Kier alpha value is -0.700. The monoisotopic (exact) mass is 382 g/mol. The summed E-state index contributed by atoms with van der Waals surface area (Å²) >= 11 is 5.65. The van der Waals surface area contributed by atoms with Gasteiger partial charge in [0.05, 0.1) is 10.6 Å². The van der Waals surface area contributed by atoms with Crippen LogP contribution in [0.25, 0.3) is 0 Å². The van der Waals surface area contributed by atoms with Gasteiger partial charge in [-0.05, 0) is 11.6 Å². The third kappa shape index (κ3) is 4.65. The minimum absolute atomic E-state index is 0. The van der Waals surface area contributed by atoms with Gasteiger partial charge in [-0.3, -0.25) is 4.90 Å². The Morgan fingerprint density at radius 1 is 1.04 bits per heavy atom. The lowest BCUT2D eigenvalue weighted by Gasteiger charge is -2.36. The molecular formula is C13H14Cl2F6N2. The van der Waals surface area contributed by atoms with Crippen molar-refractivity contribution in [2.45, 2.75) is 18.4 Å². The molecule has 1 aromatic carbocycles. The zero-order valence-electron chi connectivity index (χ0n) is 11.6. The summed E-state index contributed by atoms with van der Waals surface area (Å²) in [7, 11) is 0. The highest BCUT2D eigenvalue weighted by Gasteiger charge is 2.47. The van der Waals surface area contributed by atoms with Gasteiger partial charge >= 0.3 is 12.4 Å². The minimum Gasteiger partial charge on any atom is -0.314 e. The lowest BCUT2D eigenvalue weighted by atomic mass is 10.0. The first-order valence-electron chi connectivity index (χ1n) is 6.49. The molecule has 0 aliphatic carbocycles. The number of rotatable bonds is 2. The number of nitrogens with one attached hydrogen (secondary N) is 1. The number of piperazine rings is 1. The SMILES string of the molecule is Cl.FC(F)(F)c1cccc([C@@H](N2CCNCC2)C(F)(F)F)c1Cl. The molecule has 0 bridgehead atoms. The molecule has 0 spiro atoms. The first-order valence-corrected chi connectivity index (χ1v) is 6.87. The third-order valence-electron chi connectivity index (χ3n) is 3.46. The smallest absolute Gasteiger partial charge is 0.314 e. The summed E-state index contributed by atoms with van der Waals surface area (Å²) in [5.41, 5.74) is -1.82. The van der Waals surface area contributed by atoms with Crippen LogP contribution in [-0.4, -0.2) is 37.3 Å². The summed E-state index contributed by atoms with van der Waals surface area (Å²) in [6.45, 7) is 0.833. The van der Waals surface area contributed by atoms with Crippen LogP contribution in [0.1, 0.15) is 17.2 Å². The maximum Gasteiger partial charge on any atom is 0.417 e. The molecule has 1 atom stereocenters. The van der Waals surface area contributed by atoms with Crippen molar-refractivity contribution in [3.8, 4) is 0 Å². The quantitative estimate of drug-likeness (QED) is 0.767. The predicted octanol–water partition coefficient (Wildman–Crippen LogP) is 4.29. The molecule has 0 unspecified atom stereocenters. The van der Waals surface area contributed by atoms with Gasteiger partial charge in [-0.15, -0.1) is 12.4 Å². The van der Waals surface area contributed by atoms with Crippen molar-refractivity contribution in [1.82, 2.24) is 10.2 Å². The highest BCUT2D eigenvalue weighted by atomic mass is 35.5. The maximum atomic E-state index is 13.4. The molecule has 1 aromatic rings. The number of alkyl halides is 6. The molecule has 0 saturated carbocycles. The first kappa shape index (κ1) is 20.3. The van der Waals surface area contributed by atoms with Gasteiger partial charge in [0.2, 0.25) is 0 Å². The summed E-state index contributed by atoms with van der Waals surface area (Å²) in [6.07, 6.45) is -9.52. The van der Waals surface area contributed by atoms with Crippen LogP contribution in [0, 0.1) is 0 Å². The lowest BCUT2D eigenvalue weighted by molar-refractivity contribution is -0.188.